The molecule has 1 heterocycles. The first kappa shape index (κ1) is 11.4. The Morgan fingerprint density at radius 1 is 1.07 bits per heavy atom. The molecule has 1 aliphatic heterocycles. The van der Waals surface area contributed by atoms with E-state index in [1.165, 1.54) is 19.3 Å². The van der Waals surface area contributed by atoms with E-state index in [0.717, 1.165) is 38.6 Å². The van der Waals surface area contributed by atoms with E-state index in [-0.39, 0.29) is 0 Å². The molecule has 0 radical (unpaired) electrons. The molecule has 2 aliphatic rings. The monoisotopic (exact) mass is 212 g/mol. The van der Waals surface area contributed by atoms with Gasteiger partial charge in [-0.25, -0.2) is 0 Å². The van der Waals surface area contributed by atoms with Gasteiger partial charge >= 0.3 is 0 Å². The van der Waals surface area contributed by atoms with Crippen molar-refractivity contribution in [2.75, 3.05) is 6.54 Å². The first-order chi connectivity index (χ1) is 7.21. The Morgan fingerprint density at radius 3 is 2.53 bits per heavy atom. The smallest absolute Gasteiger partial charge is 0.0801 e. The van der Waals surface area contributed by atoms with Crippen LogP contribution in [0.2, 0.25) is 0 Å². The fourth-order valence-electron chi connectivity index (χ4n) is 2.98. The molecule has 1 atom stereocenters. The van der Waals surface area contributed by atoms with Crippen molar-refractivity contribution in [1.82, 2.24) is 5.32 Å². The fourth-order valence-corrected chi connectivity index (χ4v) is 2.98. The van der Waals surface area contributed by atoms with E-state index >= 15 is 0 Å². The normalized spacial score (nSPS) is 43.6. The molecule has 1 saturated heterocycles. The van der Waals surface area contributed by atoms with E-state index in [1.54, 1.807) is 0 Å². The van der Waals surface area contributed by atoms with Gasteiger partial charge in [-0.15, -0.1) is 0 Å². The lowest BCUT2D eigenvalue weighted by molar-refractivity contribution is -0.0349. The first-order valence-electron chi connectivity index (χ1n) is 6.42. The van der Waals surface area contributed by atoms with Crippen LogP contribution in [0.4, 0.5) is 0 Å². The van der Waals surface area contributed by atoms with Crippen molar-refractivity contribution in [2.45, 2.75) is 69.1 Å². The van der Waals surface area contributed by atoms with Crippen molar-refractivity contribution in [3.63, 3.8) is 0 Å². The van der Waals surface area contributed by atoms with Gasteiger partial charge in [0.25, 0.3) is 0 Å². The van der Waals surface area contributed by atoms with Gasteiger partial charge in [0.05, 0.1) is 5.60 Å². The van der Waals surface area contributed by atoms with Gasteiger partial charge in [-0.1, -0.05) is 12.8 Å². The second-order valence-corrected chi connectivity index (χ2v) is 5.30. The van der Waals surface area contributed by atoms with Gasteiger partial charge in [0.2, 0.25) is 0 Å². The lowest BCUT2D eigenvalue weighted by Gasteiger charge is -2.41. The lowest BCUT2D eigenvalue weighted by Crippen LogP contribution is -2.53. The Bertz CT molecular complexity index is 192. The zero-order chi connectivity index (χ0) is 10.7. The Kier molecular flexibility index (Phi) is 3.65. The van der Waals surface area contributed by atoms with Gasteiger partial charge in [0.15, 0.2) is 0 Å². The van der Waals surface area contributed by atoms with E-state index < -0.39 is 5.60 Å². The molecule has 1 saturated carbocycles. The maximum Gasteiger partial charge on any atom is 0.0801 e. The molecule has 2 rings (SSSR count). The van der Waals surface area contributed by atoms with Crippen molar-refractivity contribution >= 4 is 0 Å². The summed E-state index contributed by atoms with van der Waals surface area (Å²) in [4.78, 5) is 0. The summed E-state index contributed by atoms with van der Waals surface area (Å²) in [5.41, 5.74) is 5.41. The van der Waals surface area contributed by atoms with Crippen LogP contribution in [0, 0.1) is 0 Å². The molecule has 4 N–H and O–H groups in total. The summed E-state index contributed by atoms with van der Waals surface area (Å²) in [5, 5.41) is 14.1. The average Bonchev–Trinajstić information content (AvgIpc) is 2.51. The van der Waals surface area contributed by atoms with Crippen LogP contribution in [0.3, 0.4) is 0 Å². The summed E-state index contributed by atoms with van der Waals surface area (Å²) in [5.74, 6) is 0. The highest BCUT2D eigenvalue weighted by atomic mass is 16.3. The van der Waals surface area contributed by atoms with Gasteiger partial charge < -0.3 is 16.2 Å². The Morgan fingerprint density at radius 2 is 1.80 bits per heavy atom. The summed E-state index contributed by atoms with van der Waals surface area (Å²) in [6.45, 7) is 1.07. The van der Waals surface area contributed by atoms with Crippen molar-refractivity contribution < 1.29 is 5.11 Å². The Balaban J connectivity index is 1.94. The molecular weight excluding hydrogens is 188 g/mol. The van der Waals surface area contributed by atoms with E-state index in [2.05, 4.69) is 5.32 Å². The van der Waals surface area contributed by atoms with Gasteiger partial charge in [-0.05, 0) is 45.1 Å². The molecule has 3 nitrogen and oxygen atoms in total. The largest absolute Gasteiger partial charge is 0.388 e. The minimum Gasteiger partial charge on any atom is -0.388 e. The van der Waals surface area contributed by atoms with Crippen LogP contribution in [-0.2, 0) is 0 Å². The van der Waals surface area contributed by atoms with E-state index in [1.807, 2.05) is 0 Å². The molecule has 0 amide bonds. The van der Waals surface area contributed by atoms with Crippen LogP contribution < -0.4 is 11.1 Å². The number of aliphatic hydroxyl groups is 1. The van der Waals surface area contributed by atoms with E-state index in [9.17, 15) is 5.11 Å². The number of nitrogens with one attached hydrogen (secondary N) is 1. The third kappa shape index (κ3) is 2.71. The molecule has 0 bridgehead atoms. The number of hydrogen-bond acceptors (Lipinski definition) is 3. The van der Waals surface area contributed by atoms with Crippen LogP contribution in [0.15, 0.2) is 0 Å². The maximum absolute atomic E-state index is 10.6. The molecule has 88 valence electrons. The second kappa shape index (κ2) is 4.81. The standard InChI is InChI=1S/C12H24N2O/c13-10-5-7-12(15,8-6-10)11-4-2-1-3-9-14-11/h10-11,14-15H,1-9,13H2. The van der Waals surface area contributed by atoms with E-state index in [4.69, 9.17) is 5.73 Å². The number of hydrogen-bond donors (Lipinski definition) is 3. The van der Waals surface area contributed by atoms with Crippen LogP contribution >= 0.6 is 0 Å². The summed E-state index contributed by atoms with van der Waals surface area (Å²) in [7, 11) is 0. The lowest BCUT2D eigenvalue weighted by atomic mass is 9.76. The highest BCUT2D eigenvalue weighted by molar-refractivity contribution is 4.96. The first-order valence-corrected chi connectivity index (χ1v) is 6.42. The van der Waals surface area contributed by atoms with Gasteiger partial charge in [-0.2, -0.15) is 0 Å². The van der Waals surface area contributed by atoms with Gasteiger partial charge in [0, 0.05) is 12.1 Å². The van der Waals surface area contributed by atoms with Crippen molar-refractivity contribution in [2.24, 2.45) is 5.73 Å². The number of nitrogens with two attached hydrogens (primary N) is 1. The fraction of sp³-hybridized carbons (Fsp3) is 1.00. The minimum atomic E-state index is -0.472. The average molecular weight is 212 g/mol. The molecule has 0 aromatic carbocycles. The third-order valence-corrected chi connectivity index (χ3v) is 4.11. The van der Waals surface area contributed by atoms with E-state index in [0.29, 0.717) is 12.1 Å². The zero-order valence-corrected chi connectivity index (χ0v) is 9.54. The predicted molar refractivity (Wildman–Crippen MR) is 61.7 cm³/mol. The second-order valence-electron chi connectivity index (χ2n) is 5.30. The van der Waals surface area contributed by atoms with Gasteiger partial charge in [0.1, 0.15) is 0 Å². The molecule has 0 aromatic heterocycles. The maximum atomic E-state index is 10.6. The summed E-state index contributed by atoms with van der Waals surface area (Å²) >= 11 is 0. The van der Waals surface area contributed by atoms with Crippen molar-refractivity contribution in [1.29, 1.82) is 0 Å². The Labute approximate surface area is 92.4 Å². The van der Waals surface area contributed by atoms with Crippen LogP contribution in [0.1, 0.15) is 51.4 Å². The molecule has 1 unspecified atom stereocenters. The summed E-state index contributed by atoms with van der Waals surface area (Å²) < 4.78 is 0. The summed E-state index contributed by atoms with van der Waals surface area (Å²) in [6, 6.07) is 0.628. The molecule has 1 aliphatic carbocycles. The highest BCUT2D eigenvalue weighted by Crippen LogP contribution is 2.33. The third-order valence-electron chi connectivity index (χ3n) is 4.11. The predicted octanol–water partition coefficient (Wildman–Crippen LogP) is 1.15. The quantitative estimate of drug-likeness (QED) is 0.611. The van der Waals surface area contributed by atoms with Crippen molar-refractivity contribution in [3.05, 3.63) is 0 Å². The molecule has 0 aromatic rings. The molecule has 2 fully saturated rings. The number of rotatable bonds is 1. The Hall–Kier alpha value is -0.120. The van der Waals surface area contributed by atoms with Crippen LogP contribution in [0.5, 0.6) is 0 Å². The molecule has 0 spiro atoms. The van der Waals surface area contributed by atoms with Crippen molar-refractivity contribution in [3.8, 4) is 0 Å². The summed E-state index contributed by atoms with van der Waals surface area (Å²) in [6.07, 6.45) is 8.67. The molecular formula is C12H24N2O. The SMILES string of the molecule is NC1CCC(O)(C2CCCCCN2)CC1. The van der Waals surface area contributed by atoms with Gasteiger partial charge in [-0.3, -0.25) is 0 Å². The van der Waals surface area contributed by atoms with Crippen LogP contribution in [-0.4, -0.2) is 29.3 Å². The molecule has 3 heteroatoms. The molecule has 15 heavy (non-hydrogen) atoms. The topological polar surface area (TPSA) is 58.3 Å². The van der Waals surface area contributed by atoms with Crippen LogP contribution in [0.25, 0.3) is 0 Å². The zero-order valence-electron chi connectivity index (χ0n) is 9.54. The highest BCUT2D eigenvalue weighted by Gasteiger charge is 2.39. The minimum absolute atomic E-state index is 0.312.